The third-order valence-corrected chi connectivity index (χ3v) is 5.73. The van der Waals surface area contributed by atoms with Gasteiger partial charge in [-0.3, -0.25) is 0 Å². The van der Waals surface area contributed by atoms with Crippen LogP contribution in [0.2, 0.25) is 5.02 Å². The molecule has 0 aromatic heterocycles. The minimum absolute atomic E-state index is 0.135. The predicted molar refractivity (Wildman–Crippen MR) is 116 cm³/mol. The summed E-state index contributed by atoms with van der Waals surface area (Å²) in [6, 6.07) is 6.41. The highest BCUT2D eigenvalue weighted by Crippen LogP contribution is 2.32. The maximum atomic E-state index is 6.24. The quantitative estimate of drug-likeness (QED) is 0.437. The van der Waals surface area contributed by atoms with Gasteiger partial charge in [-0.15, -0.1) is 0 Å². The van der Waals surface area contributed by atoms with Gasteiger partial charge in [0.2, 0.25) is 0 Å². The summed E-state index contributed by atoms with van der Waals surface area (Å²) < 4.78 is 0. The van der Waals surface area contributed by atoms with Crippen molar-refractivity contribution < 1.29 is 0 Å². The van der Waals surface area contributed by atoms with E-state index in [2.05, 4.69) is 57.9 Å². The van der Waals surface area contributed by atoms with E-state index in [9.17, 15) is 0 Å². The van der Waals surface area contributed by atoms with E-state index >= 15 is 0 Å². The number of nitrogens with zero attached hydrogens (tertiary/aromatic N) is 1. The van der Waals surface area contributed by atoms with E-state index in [-0.39, 0.29) is 5.41 Å². The zero-order valence-electron chi connectivity index (χ0n) is 17.2. The van der Waals surface area contributed by atoms with E-state index in [0.717, 1.165) is 43.3 Å². The van der Waals surface area contributed by atoms with Crippen LogP contribution in [0, 0.1) is 5.92 Å². The number of benzene rings is 1. The summed E-state index contributed by atoms with van der Waals surface area (Å²) >= 11 is 6.24. The first-order chi connectivity index (χ1) is 12.2. The van der Waals surface area contributed by atoms with E-state index in [1.54, 1.807) is 0 Å². The number of allylic oxidation sites excluding steroid dienone is 1. The molecule has 1 aliphatic rings. The van der Waals surface area contributed by atoms with Gasteiger partial charge < -0.3 is 4.90 Å². The number of aryl methyl sites for hydroxylation is 1. The zero-order valence-corrected chi connectivity index (χ0v) is 18.0. The summed E-state index contributed by atoms with van der Waals surface area (Å²) in [6.07, 6.45) is 6.90. The molecule has 1 saturated heterocycles. The van der Waals surface area contributed by atoms with Gasteiger partial charge in [0.25, 0.3) is 0 Å². The molecular formula is C24H36ClN. The van der Waals surface area contributed by atoms with Crippen LogP contribution in [-0.4, -0.2) is 18.0 Å². The van der Waals surface area contributed by atoms with Crippen LogP contribution < -0.4 is 0 Å². The lowest BCUT2D eigenvalue weighted by molar-refractivity contribution is 0.388. The van der Waals surface area contributed by atoms with Gasteiger partial charge in [0.15, 0.2) is 0 Å². The van der Waals surface area contributed by atoms with Crippen molar-refractivity contribution in [1.29, 1.82) is 0 Å². The van der Waals surface area contributed by atoms with E-state index in [1.807, 2.05) is 6.07 Å². The van der Waals surface area contributed by atoms with Crippen molar-refractivity contribution in [2.45, 2.75) is 71.6 Å². The number of hydrogen-bond acceptors (Lipinski definition) is 1. The molecule has 1 aliphatic heterocycles. The van der Waals surface area contributed by atoms with Gasteiger partial charge in [0.1, 0.15) is 0 Å². The Bertz CT molecular complexity index is 638. The summed E-state index contributed by atoms with van der Waals surface area (Å²) in [6.45, 7) is 19.8. The van der Waals surface area contributed by atoms with Gasteiger partial charge in [-0.05, 0) is 60.3 Å². The molecule has 1 aromatic rings. The van der Waals surface area contributed by atoms with Crippen LogP contribution in [0.5, 0.6) is 0 Å². The lowest BCUT2D eigenvalue weighted by Gasteiger charge is -2.24. The standard InChI is InChI=1S/C24H36ClN/c1-7-8-18(2)15-19(3)26-14-13-20(17-26)9-10-21-11-12-22(25)16-23(21)24(4,5)6/h11-12,16,20H,2-3,7-10,13-15,17H2,1,4-6H3. The first-order valence-electron chi connectivity index (χ1n) is 10.1. The molecule has 0 saturated carbocycles. The van der Waals surface area contributed by atoms with Crippen molar-refractivity contribution in [3.8, 4) is 0 Å². The Hall–Kier alpha value is -1.21. The molecule has 1 atom stereocenters. The number of rotatable bonds is 8. The highest BCUT2D eigenvalue weighted by Gasteiger charge is 2.24. The molecule has 26 heavy (non-hydrogen) atoms. The second kappa shape index (κ2) is 9.13. The minimum Gasteiger partial charge on any atom is -0.375 e. The molecule has 1 unspecified atom stereocenters. The van der Waals surface area contributed by atoms with Crippen LogP contribution in [0.15, 0.2) is 42.6 Å². The number of likely N-dealkylation sites (tertiary alicyclic amines) is 1. The summed E-state index contributed by atoms with van der Waals surface area (Å²) in [4.78, 5) is 2.48. The normalized spacial score (nSPS) is 17.6. The molecule has 1 fully saturated rings. The van der Waals surface area contributed by atoms with E-state index in [1.165, 1.54) is 41.7 Å². The Labute approximate surface area is 166 Å². The molecule has 0 aliphatic carbocycles. The Morgan fingerprint density at radius 2 is 2.00 bits per heavy atom. The third-order valence-electron chi connectivity index (χ3n) is 5.49. The number of hydrogen-bond donors (Lipinski definition) is 0. The fourth-order valence-corrected chi connectivity index (χ4v) is 4.19. The molecule has 1 nitrogen and oxygen atoms in total. The average molecular weight is 374 g/mol. The molecular weight excluding hydrogens is 338 g/mol. The summed E-state index contributed by atoms with van der Waals surface area (Å²) in [7, 11) is 0. The van der Waals surface area contributed by atoms with Gasteiger partial charge in [-0.1, -0.05) is 70.5 Å². The molecule has 1 heterocycles. The lowest BCUT2D eigenvalue weighted by Crippen LogP contribution is -2.20. The second-order valence-corrected chi connectivity index (χ2v) is 9.37. The van der Waals surface area contributed by atoms with Crippen molar-refractivity contribution >= 4 is 11.6 Å². The van der Waals surface area contributed by atoms with Gasteiger partial charge >= 0.3 is 0 Å². The number of halogens is 1. The largest absolute Gasteiger partial charge is 0.375 e. The molecule has 0 spiro atoms. The molecule has 0 radical (unpaired) electrons. The van der Waals surface area contributed by atoms with Crippen LogP contribution in [0.25, 0.3) is 0 Å². The van der Waals surface area contributed by atoms with E-state index in [0.29, 0.717) is 0 Å². The predicted octanol–water partition coefficient (Wildman–Crippen LogP) is 7.15. The van der Waals surface area contributed by atoms with Crippen molar-refractivity contribution in [1.82, 2.24) is 4.90 Å². The minimum atomic E-state index is 0.135. The first kappa shape index (κ1) is 21.1. The van der Waals surface area contributed by atoms with Gasteiger partial charge in [0, 0.05) is 30.2 Å². The Morgan fingerprint density at radius 3 is 2.65 bits per heavy atom. The van der Waals surface area contributed by atoms with Gasteiger partial charge in [0.05, 0.1) is 0 Å². The summed E-state index contributed by atoms with van der Waals surface area (Å²) in [5.41, 5.74) is 5.55. The molecule has 1 aromatic carbocycles. The molecule has 0 amide bonds. The van der Waals surface area contributed by atoms with E-state index in [4.69, 9.17) is 11.6 Å². The Morgan fingerprint density at radius 1 is 1.27 bits per heavy atom. The molecule has 2 rings (SSSR count). The van der Waals surface area contributed by atoms with Crippen molar-refractivity contribution in [2.75, 3.05) is 13.1 Å². The van der Waals surface area contributed by atoms with Gasteiger partial charge in [-0.25, -0.2) is 0 Å². The molecule has 0 N–H and O–H groups in total. The van der Waals surface area contributed by atoms with E-state index < -0.39 is 0 Å². The zero-order chi connectivity index (χ0) is 19.3. The molecule has 144 valence electrons. The third kappa shape index (κ3) is 5.91. The fraction of sp³-hybridized carbons (Fsp3) is 0.583. The summed E-state index contributed by atoms with van der Waals surface area (Å²) in [5.74, 6) is 0.759. The maximum Gasteiger partial charge on any atom is 0.0409 e. The van der Waals surface area contributed by atoms with Crippen LogP contribution >= 0.6 is 11.6 Å². The first-order valence-corrected chi connectivity index (χ1v) is 10.5. The lowest BCUT2D eigenvalue weighted by atomic mass is 9.82. The molecule has 2 heteroatoms. The molecule has 0 bridgehead atoms. The second-order valence-electron chi connectivity index (χ2n) is 8.93. The smallest absolute Gasteiger partial charge is 0.0409 e. The van der Waals surface area contributed by atoms with Crippen molar-refractivity contribution in [3.05, 3.63) is 58.8 Å². The SMILES string of the molecule is C=C(CCC)CC(=C)N1CCC(CCc2ccc(Cl)cc2C(C)(C)C)C1. The highest BCUT2D eigenvalue weighted by atomic mass is 35.5. The maximum absolute atomic E-state index is 6.24. The average Bonchev–Trinajstić information content (AvgIpc) is 3.02. The van der Waals surface area contributed by atoms with Crippen LogP contribution in [0.1, 0.15) is 70.9 Å². The highest BCUT2D eigenvalue weighted by molar-refractivity contribution is 6.30. The van der Waals surface area contributed by atoms with Crippen molar-refractivity contribution in [2.24, 2.45) is 5.92 Å². The topological polar surface area (TPSA) is 3.24 Å². The van der Waals surface area contributed by atoms with Crippen LogP contribution in [0.4, 0.5) is 0 Å². The Balaban J connectivity index is 1.90. The fourth-order valence-electron chi connectivity index (χ4n) is 4.02. The van der Waals surface area contributed by atoms with Crippen molar-refractivity contribution in [3.63, 3.8) is 0 Å². The van der Waals surface area contributed by atoms with Gasteiger partial charge in [-0.2, -0.15) is 0 Å². The Kier molecular flexibility index (Phi) is 7.41. The van der Waals surface area contributed by atoms with Crippen LogP contribution in [-0.2, 0) is 11.8 Å². The summed E-state index contributed by atoms with van der Waals surface area (Å²) in [5, 5.41) is 0.842. The monoisotopic (exact) mass is 373 g/mol. The van der Waals surface area contributed by atoms with Crippen LogP contribution in [0.3, 0.4) is 0 Å².